The average Bonchev–Trinajstić information content (AvgIpc) is 3.10. The number of hydrogen-bond donors (Lipinski definition) is 0. The first-order valence-corrected chi connectivity index (χ1v) is 10.4. The molecule has 156 valence electrons. The highest BCUT2D eigenvalue weighted by Crippen LogP contribution is 2.29. The van der Waals surface area contributed by atoms with Crippen LogP contribution in [0.1, 0.15) is 20.3 Å². The van der Waals surface area contributed by atoms with Crippen molar-refractivity contribution in [3.8, 4) is 11.4 Å². The molecule has 0 bridgehead atoms. The zero-order chi connectivity index (χ0) is 21.5. The molecule has 5 rings (SSSR count). The summed E-state index contributed by atoms with van der Waals surface area (Å²) in [6.07, 6.45) is 2.53. The molecular formula is C24H23N5O2. The highest BCUT2D eigenvalue weighted by molar-refractivity contribution is 6.05. The predicted octanol–water partition coefficient (Wildman–Crippen LogP) is 4.34. The van der Waals surface area contributed by atoms with E-state index in [4.69, 9.17) is 14.7 Å². The highest BCUT2D eigenvalue weighted by atomic mass is 16.5. The van der Waals surface area contributed by atoms with Crippen LogP contribution in [-0.4, -0.2) is 31.2 Å². The van der Waals surface area contributed by atoms with Gasteiger partial charge in [-0.3, -0.25) is 13.9 Å². The van der Waals surface area contributed by atoms with Crippen molar-refractivity contribution in [2.45, 2.75) is 26.8 Å². The fourth-order valence-electron chi connectivity index (χ4n) is 3.82. The summed E-state index contributed by atoms with van der Waals surface area (Å²) in [7, 11) is 1.63. The van der Waals surface area contributed by atoms with Gasteiger partial charge in [-0.2, -0.15) is 0 Å². The average molecular weight is 413 g/mol. The van der Waals surface area contributed by atoms with Crippen molar-refractivity contribution >= 4 is 33.2 Å². The van der Waals surface area contributed by atoms with Gasteiger partial charge in [-0.25, -0.2) is 15.0 Å². The van der Waals surface area contributed by atoms with Gasteiger partial charge in [-0.1, -0.05) is 32.0 Å². The maximum absolute atomic E-state index is 13.5. The Morgan fingerprint density at radius 3 is 2.52 bits per heavy atom. The lowest BCUT2D eigenvalue weighted by Gasteiger charge is -2.09. The number of ether oxygens (including phenoxy) is 1. The molecule has 5 aromatic rings. The quantitative estimate of drug-likeness (QED) is 0.428. The fourth-order valence-corrected chi connectivity index (χ4v) is 3.82. The second-order valence-electron chi connectivity index (χ2n) is 8.05. The molecule has 0 N–H and O–H groups in total. The van der Waals surface area contributed by atoms with E-state index in [-0.39, 0.29) is 5.56 Å². The van der Waals surface area contributed by atoms with E-state index in [0.717, 1.165) is 23.1 Å². The van der Waals surface area contributed by atoms with Gasteiger partial charge < -0.3 is 4.74 Å². The SMILES string of the molecule is COc1cccc(-n2c3nc4ccccc4nc3c3c(=O)n(CCC(C)C)cnc32)c1. The Balaban J connectivity index is 1.88. The summed E-state index contributed by atoms with van der Waals surface area (Å²) in [5.74, 6) is 1.20. The van der Waals surface area contributed by atoms with Crippen LogP contribution in [0, 0.1) is 5.92 Å². The van der Waals surface area contributed by atoms with E-state index in [2.05, 4.69) is 18.8 Å². The lowest BCUT2D eigenvalue weighted by Crippen LogP contribution is -2.21. The van der Waals surface area contributed by atoms with Crippen LogP contribution >= 0.6 is 0 Å². The largest absolute Gasteiger partial charge is 0.497 e. The summed E-state index contributed by atoms with van der Waals surface area (Å²) in [6, 6.07) is 15.3. The molecule has 3 heterocycles. The van der Waals surface area contributed by atoms with Crippen molar-refractivity contribution in [2.75, 3.05) is 7.11 Å². The number of rotatable bonds is 5. The van der Waals surface area contributed by atoms with Crippen LogP contribution in [0.4, 0.5) is 0 Å². The topological polar surface area (TPSA) is 74.8 Å². The van der Waals surface area contributed by atoms with Crippen LogP contribution in [0.15, 0.2) is 59.7 Å². The van der Waals surface area contributed by atoms with Gasteiger partial charge in [0.2, 0.25) is 0 Å². The fraction of sp³-hybridized carbons (Fsp3) is 0.250. The normalized spacial score (nSPS) is 11.7. The Morgan fingerprint density at radius 2 is 1.77 bits per heavy atom. The van der Waals surface area contributed by atoms with Gasteiger partial charge in [-0.15, -0.1) is 0 Å². The van der Waals surface area contributed by atoms with E-state index in [1.165, 1.54) is 0 Å². The molecule has 7 heteroatoms. The Morgan fingerprint density at radius 1 is 1.00 bits per heavy atom. The van der Waals surface area contributed by atoms with Gasteiger partial charge >= 0.3 is 0 Å². The first kappa shape index (κ1) is 19.2. The van der Waals surface area contributed by atoms with E-state index < -0.39 is 0 Å². The van der Waals surface area contributed by atoms with Gasteiger partial charge in [-0.05, 0) is 36.6 Å². The molecule has 0 fully saturated rings. The van der Waals surface area contributed by atoms with Crippen molar-refractivity contribution in [2.24, 2.45) is 5.92 Å². The predicted molar refractivity (Wildman–Crippen MR) is 122 cm³/mol. The van der Waals surface area contributed by atoms with Gasteiger partial charge in [0.1, 0.15) is 16.7 Å². The Kier molecular flexibility index (Phi) is 4.66. The molecule has 7 nitrogen and oxygen atoms in total. The molecule has 0 spiro atoms. The standard InChI is InChI=1S/C24H23N5O2/c1-15(2)11-12-28-14-25-22-20(24(28)30)21-23(27-19-10-5-4-9-18(19)26-21)29(22)16-7-6-8-17(13-16)31-3/h4-10,13-15H,11-12H2,1-3H3. The third kappa shape index (κ3) is 3.22. The minimum Gasteiger partial charge on any atom is -0.497 e. The zero-order valence-electron chi connectivity index (χ0n) is 17.7. The first-order chi connectivity index (χ1) is 15.1. The van der Waals surface area contributed by atoms with Crippen LogP contribution in [0.2, 0.25) is 0 Å². The van der Waals surface area contributed by atoms with Crippen LogP contribution in [0.3, 0.4) is 0 Å². The summed E-state index contributed by atoms with van der Waals surface area (Å²) in [5, 5.41) is 0.488. The number of benzene rings is 2. The Bertz CT molecular complexity index is 1480. The second-order valence-corrected chi connectivity index (χ2v) is 8.05. The lowest BCUT2D eigenvalue weighted by atomic mass is 10.1. The summed E-state index contributed by atoms with van der Waals surface area (Å²) in [5.41, 5.74) is 3.95. The molecule has 0 aliphatic rings. The molecule has 3 aromatic heterocycles. The molecule has 0 amide bonds. The van der Waals surface area contributed by atoms with E-state index >= 15 is 0 Å². The number of aryl methyl sites for hydroxylation is 1. The van der Waals surface area contributed by atoms with Gasteiger partial charge in [0.25, 0.3) is 5.56 Å². The van der Waals surface area contributed by atoms with Gasteiger partial charge in [0, 0.05) is 12.6 Å². The smallest absolute Gasteiger partial charge is 0.265 e. The van der Waals surface area contributed by atoms with E-state index in [9.17, 15) is 4.79 Å². The summed E-state index contributed by atoms with van der Waals surface area (Å²) in [4.78, 5) is 27.8. The maximum Gasteiger partial charge on any atom is 0.265 e. The highest BCUT2D eigenvalue weighted by Gasteiger charge is 2.21. The summed E-state index contributed by atoms with van der Waals surface area (Å²) in [6.45, 7) is 4.90. The Labute approximate surface area is 179 Å². The molecule has 2 aromatic carbocycles. The van der Waals surface area contributed by atoms with Crippen molar-refractivity contribution in [3.63, 3.8) is 0 Å². The van der Waals surface area contributed by atoms with Crippen LogP contribution < -0.4 is 10.3 Å². The van der Waals surface area contributed by atoms with E-state index in [1.54, 1.807) is 18.0 Å². The number of fused-ring (bicyclic) bond motifs is 4. The van der Waals surface area contributed by atoms with Crippen LogP contribution in [0.25, 0.3) is 38.9 Å². The molecular weight excluding hydrogens is 390 g/mol. The van der Waals surface area contributed by atoms with Crippen molar-refractivity contribution in [3.05, 3.63) is 65.2 Å². The molecule has 0 saturated carbocycles. The number of para-hydroxylation sites is 2. The second kappa shape index (κ2) is 7.50. The number of aromatic nitrogens is 5. The van der Waals surface area contributed by atoms with Crippen molar-refractivity contribution in [1.82, 2.24) is 24.1 Å². The number of hydrogen-bond acceptors (Lipinski definition) is 5. The minimum absolute atomic E-state index is 0.0955. The number of nitrogens with zero attached hydrogens (tertiary/aromatic N) is 5. The molecule has 0 aliphatic heterocycles. The zero-order valence-corrected chi connectivity index (χ0v) is 17.7. The van der Waals surface area contributed by atoms with Crippen molar-refractivity contribution < 1.29 is 4.74 Å². The molecule has 0 unspecified atom stereocenters. The summed E-state index contributed by atoms with van der Waals surface area (Å²) >= 11 is 0. The van der Waals surface area contributed by atoms with Crippen molar-refractivity contribution in [1.29, 1.82) is 0 Å². The third-order valence-corrected chi connectivity index (χ3v) is 5.49. The molecule has 0 aliphatic carbocycles. The first-order valence-electron chi connectivity index (χ1n) is 10.4. The Hall–Kier alpha value is -3.74. The molecule has 0 atom stereocenters. The van der Waals surface area contributed by atoms with Crippen LogP contribution in [0.5, 0.6) is 5.75 Å². The van der Waals surface area contributed by atoms with Gasteiger partial charge in [0.15, 0.2) is 11.3 Å². The maximum atomic E-state index is 13.5. The molecule has 31 heavy (non-hydrogen) atoms. The van der Waals surface area contributed by atoms with E-state index in [1.807, 2.05) is 53.1 Å². The van der Waals surface area contributed by atoms with E-state index in [0.29, 0.717) is 40.4 Å². The monoisotopic (exact) mass is 413 g/mol. The third-order valence-electron chi connectivity index (χ3n) is 5.49. The lowest BCUT2D eigenvalue weighted by molar-refractivity contribution is 0.414. The minimum atomic E-state index is -0.0955. The van der Waals surface area contributed by atoms with Crippen LogP contribution in [-0.2, 0) is 6.54 Å². The molecule has 0 radical (unpaired) electrons. The number of methoxy groups -OCH3 is 1. The van der Waals surface area contributed by atoms with Gasteiger partial charge in [0.05, 0.1) is 30.2 Å². The summed E-state index contributed by atoms with van der Waals surface area (Å²) < 4.78 is 8.97. The molecule has 0 saturated heterocycles.